The highest BCUT2D eigenvalue weighted by molar-refractivity contribution is 7.89. The van der Waals surface area contributed by atoms with Crippen molar-refractivity contribution in [3.05, 3.63) is 87.9 Å². The number of piperidine rings is 1. The number of likely N-dealkylation sites (tertiary alicyclic amines) is 1. The molecule has 4 rings (SSSR count). The molecule has 3 aromatic rings. The van der Waals surface area contributed by atoms with E-state index in [-0.39, 0.29) is 23.2 Å². The smallest absolute Gasteiger partial charge is 0.253 e. The Kier molecular flexibility index (Phi) is 7.03. The van der Waals surface area contributed by atoms with Crippen LogP contribution in [0.2, 0.25) is 0 Å². The van der Waals surface area contributed by atoms with E-state index in [9.17, 15) is 17.6 Å². The predicted molar refractivity (Wildman–Crippen MR) is 124 cm³/mol. The van der Waals surface area contributed by atoms with Gasteiger partial charge >= 0.3 is 0 Å². The van der Waals surface area contributed by atoms with Gasteiger partial charge in [-0.15, -0.1) is 11.3 Å². The maximum atomic E-state index is 13.4. The quantitative estimate of drug-likeness (QED) is 0.552. The summed E-state index contributed by atoms with van der Waals surface area (Å²) < 4.78 is 41.0. The van der Waals surface area contributed by atoms with Crippen LogP contribution in [-0.2, 0) is 23.0 Å². The van der Waals surface area contributed by atoms with Crippen molar-refractivity contribution in [2.24, 2.45) is 5.92 Å². The summed E-state index contributed by atoms with van der Waals surface area (Å²) >= 11 is 1.49. The van der Waals surface area contributed by atoms with E-state index in [0.29, 0.717) is 24.6 Å². The SMILES string of the molecule is O=C(c1ccc(S(=O)(=O)NCc2cccs2)cc1)N1CCC(Cc2cccc(F)c2)CC1. The highest BCUT2D eigenvalue weighted by Crippen LogP contribution is 2.23. The molecule has 0 saturated carbocycles. The number of hydrogen-bond donors (Lipinski definition) is 1. The molecule has 0 aliphatic carbocycles. The number of nitrogens with zero attached hydrogens (tertiary/aromatic N) is 1. The minimum absolute atomic E-state index is 0.0929. The Labute approximate surface area is 191 Å². The topological polar surface area (TPSA) is 66.5 Å². The molecule has 1 aliphatic heterocycles. The van der Waals surface area contributed by atoms with Gasteiger partial charge in [-0.2, -0.15) is 0 Å². The summed E-state index contributed by atoms with van der Waals surface area (Å²) in [5.74, 6) is 0.106. The fourth-order valence-electron chi connectivity index (χ4n) is 3.96. The Balaban J connectivity index is 1.32. The number of rotatable bonds is 7. The van der Waals surface area contributed by atoms with Crippen LogP contribution in [0.25, 0.3) is 0 Å². The number of thiophene rings is 1. The molecule has 1 aromatic heterocycles. The monoisotopic (exact) mass is 472 g/mol. The van der Waals surface area contributed by atoms with E-state index in [1.165, 1.54) is 29.5 Å². The van der Waals surface area contributed by atoms with Crippen LogP contribution >= 0.6 is 11.3 Å². The molecule has 2 heterocycles. The molecule has 0 radical (unpaired) electrons. The van der Waals surface area contributed by atoms with E-state index in [4.69, 9.17) is 0 Å². The zero-order valence-corrected chi connectivity index (χ0v) is 19.2. The van der Waals surface area contributed by atoms with Gasteiger partial charge in [0.15, 0.2) is 0 Å². The lowest BCUT2D eigenvalue weighted by atomic mass is 9.90. The minimum atomic E-state index is -3.64. The van der Waals surface area contributed by atoms with E-state index >= 15 is 0 Å². The van der Waals surface area contributed by atoms with Gasteiger partial charge in [0.1, 0.15) is 5.82 Å². The first-order valence-electron chi connectivity index (χ1n) is 10.6. The number of carbonyl (C=O) groups excluding carboxylic acids is 1. The maximum Gasteiger partial charge on any atom is 0.253 e. The molecule has 1 N–H and O–H groups in total. The molecule has 1 amide bonds. The lowest BCUT2D eigenvalue weighted by Gasteiger charge is -2.32. The third-order valence-corrected chi connectivity index (χ3v) is 8.04. The summed E-state index contributed by atoms with van der Waals surface area (Å²) in [7, 11) is -3.64. The molecule has 0 atom stereocenters. The van der Waals surface area contributed by atoms with Crippen molar-refractivity contribution >= 4 is 27.3 Å². The summed E-state index contributed by atoms with van der Waals surface area (Å²) in [6.45, 7) is 1.52. The van der Waals surface area contributed by atoms with E-state index in [0.717, 1.165) is 29.7 Å². The molecule has 1 saturated heterocycles. The van der Waals surface area contributed by atoms with Gasteiger partial charge in [0.25, 0.3) is 5.91 Å². The van der Waals surface area contributed by atoms with Crippen LogP contribution in [0.5, 0.6) is 0 Å². The molecular weight excluding hydrogens is 447 g/mol. The number of halogens is 1. The summed E-state index contributed by atoms with van der Waals surface area (Å²) in [6.07, 6.45) is 2.54. The second-order valence-corrected chi connectivity index (χ2v) is 10.8. The van der Waals surface area contributed by atoms with Crippen molar-refractivity contribution in [3.8, 4) is 0 Å². The molecule has 0 bridgehead atoms. The Morgan fingerprint density at radius 2 is 1.81 bits per heavy atom. The fraction of sp³-hybridized carbons (Fsp3) is 0.292. The molecular formula is C24H25FN2O3S2. The van der Waals surface area contributed by atoms with Gasteiger partial charge in [-0.25, -0.2) is 17.5 Å². The van der Waals surface area contributed by atoms with Crippen molar-refractivity contribution < 1.29 is 17.6 Å². The molecule has 2 aromatic carbocycles. The Hall–Kier alpha value is -2.55. The zero-order chi connectivity index (χ0) is 22.6. The van der Waals surface area contributed by atoms with Crippen LogP contribution in [0.15, 0.2) is 70.9 Å². The number of carbonyl (C=O) groups is 1. The van der Waals surface area contributed by atoms with Crippen LogP contribution < -0.4 is 4.72 Å². The van der Waals surface area contributed by atoms with Gasteiger partial charge in [0.05, 0.1) is 4.90 Å². The van der Waals surface area contributed by atoms with Crippen molar-refractivity contribution in [2.75, 3.05) is 13.1 Å². The van der Waals surface area contributed by atoms with Gasteiger partial charge in [0.2, 0.25) is 10.0 Å². The van der Waals surface area contributed by atoms with Gasteiger partial charge in [0, 0.05) is 30.1 Å². The zero-order valence-electron chi connectivity index (χ0n) is 17.5. The average Bonchev–Trinajstić information content (AvgIpc) is 3.32. The standard InChI is InChI=1S/C24H25FN2O3S2/c25-21-4-1-3-19(16-21)15-18-10-12-27(13-11-18)24(28)20-6-8-23(9-7-20)32(29,30)26-17-22-5-2-14-31-22/h1-9,14,16,18,26H,10-13,15,17H2. The largest absolute Gasteiger partial charge is 0.339 e. The van der Waals surface area contributed by atoms with E-state index in [2.05, 4.69) is 4.72 Å². The first-order chi connectivity index (χ1) is 15.4. The highest BCUT2D eigenvalue weighted by Gasteiger charge is 2.24. The van der Waals surface area contributed by atoms with E-state index in [1.807, 2.05) is 23.6 Å². The third kappa shape index (κ3) is 5.62. The predicted octanol–water partition coefficient (Wildman–Crippen LogP) is 4.46. The van der Waals surface area contributed by atoms with Gasteiger partial charge < -0.3 is 4.90 Å². The van der Waals surface area contributed by atoms with Crippen LogP contribution in [-0.4, -0.2) is 32.3 Å². The average molecular weight is 473 g/mol. The van der Waals surface area contributed by atoms with Gasteiger partial charge in [-0.3, -0.25) is 4.79 Å². The third-order valence-electron chi connectivity index (χ3n) is 5.74. The maximum absolute atomic E-state index is 13.4. The van der Waals surface area contributed by atoms with E-state index < -0.39 is 10.0 Å². The summed E-state index contributed by atoms with van der Waals surface area (Å²) in [4.78, 5) is 15.7. The summed E-state index contributed by atoms with van der Waals surface area (Å²) in [5.41, 5.74) is 1.46. The first kappa shape index (κ1) is 22.6. The van der Waals surface area contributed by atoms with Crippen LogP contribution in [0.4, 0.5) is 4.39 Å². The van der Waals surface area contributed by atoms with Gasteiger partial charge in [-0.1, -0.05) is 18.2 Å². The van der Waals surface area contributed by atoms with Crippen LogP contribution in [0.1, 0.15) is 33.6 Å². The lowest BCUT2D eigenvalue weighted by Crippen LogP contribution is -2.38. The molecule has 1 aliphatic rings. The number of hydrogen-bond acceptors (Lipinski definition) is 4. The van der Waals surface area contributed by atoms with Crippen LogP contribution in [0, 0.1) is 11.7 Å². The minimum Gasteiger partial charge on any atom is -0.339 e. The normalized spacial score (nSPS) is 15.1. The Bertz CT molecular complexity index is 1150. The molecule has 0 unspecified atom stereocenters. The molecule has 0 spiro atoms. The molecule has 32 heavy (non-hydrogen) atoms. The molecule has 168 valence electrons. The first-order valence-corrected chi connectivity index (χ1v) is 12.9. The fourth-order valence-corrected chi connectivity index (χ4v) is 5.70. The van der Waals surface area contributed by atoms with E-state index in [1.54, 1.807) is 29.2 Å². The number of benzene rings is 2. The van der Waals surface area contributed by atoms with Crippen molar-refractivity contribution in [1.29, 1.82) is 0 Å². The number of nitrogens with one attached hydrogen (secondary N) is 1. The number of sulfonamides is 1. The number of amides is 1. The molecule has 8 heteroatoms. The second kappa shape index (κ2) is 9.94. The Morgan fingerprint density at radius 3 is 2.47 bits per heavy atom. The molecule has 5 nitrogen and oxygen atoms in total. The van der Waals surface area contributed by atoms with Crippen LogP contribution in [0.3, 0.4) is 0 Å². The second-order valence-electron chi connectivity index (χ2n) is 8.00. The molecule has 1 fully saturated rings. The lowest BCUT2D eigenvalue weighted by molar-refractivity contribution is 0.0690. The summed E-state index contributed by atoms with van der Waals surface area (Å²) in [5, 5.41) is 1.90. The Morgan fingerprint density at radius 1 is 1.06 bits per heavy atom. The van der Waals surface area contributed by atoms with Crippen molar-refractivity contribution in [1.82, 2.24) is 9.62 Å². The summed E-state index contributed by atoms with van der Waals surface area (Å²) in [6, 6.07) is 16.5. The van der Waals surface area contributed by atoms with Crippen molar-refractivity contribution in [3.63, 3.8) is 0 Å². The highest BCUT2D eigenvalue weighted by atomic mass is 32.2. The van der Waals surface area contributed by atoms with Crippen molar-refractivity contribution in [2.45, 2.75) is 30.7 Å². The van der Waals surface area contributed by atoms with Gasteiger partial charge in [-0.05, 0) is 78.6 Å².